The van der Waals surface area contributed by atoms with E-state index < -0.39 is 0 Å². The smallest absolute Gasteiger partial charge is 0.222 e. The second kappa shape index (κ2) is 3.96. The van der Waals surface area contributed by atoms with Gasteiger partial charge in [-0.2, -0.15) is 4.98 Å². The highest BCUT2D eigenvalue weighted by atomic mass is 16.5. The molecule has 0 aliphatic carbocycles. The summed E-state index contributed by atoms with van der Waals surface area (Å²) in [6.45, 7) is 1.81. The standard InChI is InChI=1S/C11H11N3O/c1-8-13-7-6-11(14-8)15-10-5-3-2-4-9(10)12/h2-7H,12H2,1H3. The number of hydrogen-bond acceptors (Lipinski definition) is 4. The average molecular weight is 201 g/mol. The van der Waals surface area contributed by atoms with E-state index in [1.807, 2.05) is 12.1 Å². The van der Waals surface area contributed by atoms with Crippen molar-refractivity contribution in [3.05, 3.63) is 42.4 Å². The lowest BCUT2D eigenvalue weighted by molar-refractivity contribution is 0.462. The first-order valence-electron chi connectivity index (χ1n) is 4.58. The Morgan fingerprint density at radius 1 is 1.20 bits per heavy atom. The lowest BCUT2D eigenvalue weighted by atomic mass is 10.3. The Labute approximate surface area is 87.7 Å². The van der Waals surface area contributed by atoms with Crippen LogP contribution in [0, 0.1) is 6.92 Å². The number of nitrogens with two attached hydrogens (primary N) is 1. The molecule has 0 saturated carbocycles. The van der Waals surface area contributed by atoms with Crippen LogP contribution in [0.5, 0.6) is 11.6 Å². The molecule has 2 aromatic rings. The van der Waals surface area contributed by atoms with Gasteiger partial charge in [0.15, 0.2) is 5.75 Å². The highest BCUT2D eigenvalue weighted by molar-refractivity contribution is 5.52. The summed E-state index contributed by atoms with van der Waals surface area (Å²) in [7, 11) is 0. The summed E-state index contributed by atoms with van der Waals surface area (Å²) in [6, 6.07) is 8.99. The van der Waals surface area contributed by atoms with Gasteiger partial charge in [-0.25, -0.2) is 4.98 Å². The molecule has 76 valence electrons. The van der Waals surface area contributed by atoms with E-state index in [1.54, 1.807) is 31.3 Å². The largest absolute Gasteiger partial charge is 0.437 e. The normalized spacial score (nSPS) is 9.93. The van der Waals surface area contributed by atoms with Gasteiger partial charge in [-0.3, -0.25) is 0 Å². The molecule has 0 aliphatic rings. The van der Waals surface area contributed by atoms with Crippen LogP contribution in [-0.2, 0) is 0 Å². The molecule has 0 radical (unpaired) electrons. The zero-order valence-electron chi connectivity index (χ0n) is 8.34. The van der Waals surface area contributed by atoms with Gasteiger partial charge in [-0.1, -0.05) is 12.1 Å². The first kappa shape index (κ1) is 9.45. The molecule has 0 aliphatic heterocycles. The van der Waals surface area contributed by atoms with Crippen LogP contribution in [0.4, 0.5) is 5.69 Å². The van der Waals surface area contributed by atoms with E-state index in [9.17, 15) is 0 Å². The fourth-order valence-corrected chi connectivity index (χ4v) is 1.18. The van der Waals surface area contributed by atoms with Gasteiger partial charge in [0.2, 0.25) is 5.88 Å². The van der Waals surface area contributed by atoms with Crippen molar-refractivity contribution >= 4 is 5.69 Å². The van der Waals surface area contributed by atoms with Gasteiger partial charge in [-0.05, 0) is 19.1 Å². The molecule has 1 heterocycles. The van der Waals surface area contributed by atoms with Gasteiger partial charge in [0.1, 0.15) is 5.82 Å². The summed E-state index contributed by atoms with van der Waals surface area (Å²) in [5, 5.41) is 0. The number of aromatic nitrogens is 2. The highest BCUT2D eigenvalue weighted by Gasteiger charge is 2.01. The fourth-order valence-electron chi connectivity index (χ4n) is 1.18. The lowest BCUT2D eigenvalue weighted by Crippen LogP contribution is -1.94. The number of anilines is 1. The quantitative estimate of drug-likeness (QED) is 0.756. The predicted octanol–water partition coefficient (Wildman–Crippen LogP) is 2.16. The number of nitrogen functional groups attached to an aromatic ring is 1. The number of rotatable bonds is 2. The first-order valence-corrected chi connectivity index (χ1v) is 4.58. The number of nitrogens with zero attached hydrogens (tertiary/aromatic N) is 2. The molecule has 0 saturated heterocycles. The Morgan fingerprint density at radius 2 is 2.00 bits per heavy atom. The summed E-state index contributed by atoms with van der Waals surface area (Å²) in [5.74, 6) is 1.78. The van der Waals surface area contributed by atoms with Crippen molar-refractivity contribution < 1.29 is 4.74 Å². The summed E-state index contributed by atoms with van der Waals surface area (Å²) in [4.78, 5) is 8.10. The van der Waals surface area contributed by atoms with E-state index in [-0.39, 0.29) is 0 Å². The lowest BCUT2D eigenvalue weighted by Gasteiger charge is -2.06. The van der Waals surface area contributed by atoms with Crippen molar-refractivity contribution in [1.82, 2.24) is 9.97 Å². The number of benzene rings is 1. The third-order valence-corrected chi connectivity index (χ3v) is 1.88. The average Bonchev–Trinajstić information content (AvgIpc) is 2.22. The van der Waals surface area contributed by atoms with Gasteiger partial charge >= 0.3 is 0 Å². The van der Waals surface area contributed by atoms with Crippen LogP contribution in [0.25, 0.3) is 0 Å². The van der Waals surface area contributed by atoms with Crippen molar-refractivity contribution in [3.63, 3.8) is 0 Å². The van der Waals surface area contributed by atoms with Crippen LogP contribution in [0.1, 0.15) is 5.82 Å². The maximum Gasteiger partial charge on any atom is 0.222 e. The van der Waals surface area contributed by atoms with Crippen LogP contribution in [0.15, 0.2) is 36.5 Å². The van der Waals surface area contributed by atoms with Crippen LogP contribution in [0.3, 0.4) is 0 Å². The van der Waals surface area contributed by atoms with E-state index in [1.165, 1.54) is 0 Å². The second-order valence-corrected chi connectivity index (χ2v) is 3.08. The molecule has 0 bridgehead atoms. The van der Waals surface area contributed by atoms with Crippen LogP contribution < -0.4 is 10.5 Å². The second-order valence-electron chi connectivity index (χ2n) is 3.08. The van der Waals surface area contributed by atoms with Crippen molar-refractivity contribution in [2.24, 2.45) is 0 Å². The van der Waals surface area contributed by atoms with E-state index in [2.05, 4.69) is 9.97 Å². The maximum absolute atomic E-state index is 5.74. The molecule has 15 heavy (non-hydrogen) atoms. The fraction of sp³-hybridized carbons (Fsp3) is 0.0909. The third kappa shape index (κ3) is 2.22. The molecule has 0 atom stereocenters. The predicted molar refractivity (Wildman–Crippen MR) is 57.7 cm³/mol. The Hall–Kier alpha value is -2.10. The first-order chi connectivity index (χ1) is 7.25. The van der Waals surface area contributed by atoms with E-state index in [0.717, 1.165) is 0 Å². The van der Waals surface area contributed by atoms with Gasteiger partial charge in [0.25, 0.3) is 0 Å². The van der Waals surface area contributed by atoms with Crippen LogP contribution in [0.2, 0.25) is 0 Å². The van der Waals surface area contributed by atoms with Crippen molar-refractivity contribution in [1.29, 1.82) is 0 Å². The van der Waals surface area contributed by atoms with Crippen LogP contribution in [-0.4, -0.2) is 9.97 Å². The maximum atomic E-state index is 5.74. The Kier molecular flexibility index (Phi) is 2.49. The minimum Gasteiger partial charge on any atom is -0.437 e. The van der Waals surface area contributed by atoms with Gasteiger partial charge in [0, 0.05) is 12.3 Å². The van der Waals surface area contributed by atoms with Gasteiger partial charge in [0.05, 0.1) is 5.69 Å². The van der Waals surface area contributed by atoms with E-state index in [0.29, 0.717) is 23.1 Å². The van der Waals surface area contributed by atoms with Crippen LogP contribution >= 0.6 is 0 Å². The molecule has 2 N–H and O–H groups in total. The van der Waals surface area contributed by atoms with E-state index in [4.69, 9.17) is 10.5 Å². The van der Waals surface area contributed by atoms with Crippen molar-refractivity contribution in [3.8, 4) is 11.6 Å². The van der Waals surface area contributed by atoms with Crippen molar-refractivity contribution in [2.75, 3.05) is 5.73 Å². The molecule has 1 aromatic heterocycles. The molecular weight excluding hydrogens is 190 g/mol. The zero-order valence-corrected chi connectivity index (χ0v) is 8.34. The molecule has 4 heteroatoms. The molecule has 0 amide bonds. The molecule has 2 rings (SSSR count). The van der Waals surface area contributed by atoms with E-state index >= 15 is 0 Å². The number of para-hydroxylation sites is 2. The number of aryl methyl sites for hydroxylation is 1. The Balaban J connectivity index is 2.26. The topological polar surface area (TPSA) is 61.0 Å². The molecule has 1 aromatic carbocycles. The highest BCUT2D eigenvalue weighted by Crippen LogP contribution is 2.24. The van der Waals surface area contributed by atoms with Gasteiger partial charge < -0.3 is 10.5 Å². The number of ether oxygens (including phenoxy) is 1. The van der Waals surface area contributed by atoms with Gasteiger partial charge in [-0.15, -0.1) is 0 Å². The summed E-state index contributed by atoms with van der Waals surface area (Å²) >= 11 is 0. The monoisotopic (exact) mass is 201 g/mol. The SMILES string of the molecule is Cc1nccc(Oc2ccccc2N)n1. The number of hydrogen-bond donors (Lipinski definition) is 1. The molecule has 0 unspecified atom stereocenters. The molecule has 0 spiro atoms. The molecule has 4 nitrogen and oxygen atoms in total. The van der Waals surface area contributed by atoms with Crippen molar-refractivity contribution in [2.45, 2.75) is 6.92 Å². The summed E-state index contributed by atoms with van der Waals surface area (Å²) < 4.78 is 5.51. The minimum absolute atomic E-state index is 0.500. The Bertz CT molecular complexity index is 471. The summed E-state index contributed by atoms with van der Waals surface area (Å²) in [5.41, 5.74) is 6.33. The molecular formula is C11H11N3O. The third-order valence-electron chi connectivity index (χ3n) is 1.88. The molecule has 0 fully saturated rings. The Morgan fingerprint density at radius 3 is 2.73 bits per heavy atom. The zero-order chi connectivity index (χ0) is 10.7. The minimum atomic E-state index is 0.500. The summed E-state index contributed by atoms with van der Waals surface area (Å²) in [6.07, 6.45) is 1.65.